The van der Waals surface area contributed by atoms with E-state index in [9.17, 15) is 0 Å². The number of nitrogens with one attached hydrogen (secondary N) is 2. The van der Waals surface area contributed by atoms with E-state index in [1.54, 1.807) is 6.20 Å². The molecule has 1 rings (SSSR count). The molecule has 0 fully saturated rings. The standard InChI is InChI=1S/C3H3ClN2/c4-3-1-5-2-6-3/h1,5-6H. The molecule has 0 spiro atoms. The summed E-state index contributed by atoms with van der Waals surface area (Å²) in [6, 6.07) is 0. The predicted molar refractivity (Wildman–Crippen MR) is 23.5 cm³/mol. The molecule has 3 heteroatoms. The van der Waals surface area contributed by atoms with E-state index in [1.807, 2.05) is 0 Å². The fourth-order valence-corrected chi connectivity index (χ4v) is 0.333. The Hall–Kier alpha value is -0.370. The lowest BCUT2D eigenvalue weighted by Gasteiger charge is -1.82. The molecule has 1 aliphatic heterocycles. The summed E-state index contributed by atoms with van der Waals surface area (Å²) >= 11 is 5.34. The molecule has 0 saturated carbocycles. The Morgan fingerprint density at radius 2 is 2.67 bits per heavy atom. The fourth-order valence-electron chi connectivity index (χ4n) is 0.231. The monoisotopic (exact) mass is 102 g/mol. The third kappa shape index (κ3) is 0.571. The van der Waals surface area contributed by atoms with Gasteiger partial charge in [0.1, 0.15) is 5.16 Å². The summed E-state index contributed by atoms with van der Waals surface area (Å²) in [6.45, 7) is 2.55. The Morgan fingerprint density at radius 3 is 2.83 bits per heavy atom. The second kappa shape index (κ2) is 1.39. The fraction of sp³-hybridized carbons (Fsp3) is 0. The molecule has 1 aliphatic rings. The SMILES string of the molecule is ClC1=CN[C]N1. The molecule has 2 N–H and O–H groups in total. The molecule has 0 aliphatic carbocycles. The largest absolute Gasteiger partial charge is 0.359 e. The molecule has 0 aromatic heterocycles. The number of hydrogen-bond donors (Lipinski definition) is 2. The minimum absolute atomic E-state index is 0.579. The van der Waals surface area contributed by atoms with Crippen LogP contribution in [0.3, 0.4) is 0 Å². The molecular formula is C3H3ClN2. The average molecular weight is 103 g/mol. The van der Waals surface area contributed by atoms with Crippen LogP contribution in [0, 0.1) is 6.67 Å². The summed E-state index contributed by atoms with van der Waals surface area (Å²) in [5.74, 6) is 0. The van der Waals surface area contributed by atoms with Crippen LogP contribution in [0.15, 0.2) is 11.4 Å². The smallest absolute Gasteiger partial charge is 0.203 e. The maximum Gasteiger partial charge on any atom is 0.203 e. The zero-order valence-electron chi connectivity index (χ0n) is 2.96. The average Bonchev–Trinajstić information content (AvgIpc) is 1.86. The van der Waals surface area contributed by atoms with Gasteiger partial charge < -0.3 is 10.6 Å². The van der Waals surface area contributed by atoms with Gasteiger partial charge in [-0.2, -0.15) is 0 Å². The Morgan fingerprint density at radius 1 is 1.83 bits per heavy atom. The highest BCUT2D eigenvalue weighted by Gasteiger charge is 1.95. The maximum atomic E-state index is 5.34. The lowest BCUT2D eigenvalue weighted by Crippen LogP contribution is -2.03. The normalized spacial score (nSPS) is 18.5. The summed E-state index contributed by atoms with van der Waals surface area (Å²) in [5.41, 5.74) is 0. The number of hydrogen-bond acceptors (Lipinski definition) is 2. The van der Waals surface area contributed by atoms with Crippen molar-refractivity contribution >= 4 is 11.6 Å². The Kier molecular flexibility index (Phi) is 0.881. The number of halogens is 1. The van der Waals surface area contributed by atoms with Gasteiger partial charge in [-0.1, -0.05) is 11.6 Å². The molecule has 32 valence electrons. The van der Waals surface area contributed by atoms with Crippen LogP contribution in [0.1, 0.15) is 0 Å². The molecule has 2 nitrogen and oxygen atoms in total. The van der Waals surface area contributed by atoms with Crippen LogP contribution in [0.2, 0.25) is 0 Å². The minimum atomic E-state index is 0.579. The van der Waals surface area contributed by atoms with Crippen LogP contribution in [0.25, 0.3) is 0 Å². The lowest BCUT2D eigenvalue weighted by atomic mass is 11.0. The molecule has 0 aromatic carbocycles. The first-order chi connectivity index (χ1) is 2.89. The van der Waals surface area contributed by atoms with Gasteiger partial charge in [0.05, 0.1) is 0 Å². The first-order valence-electron chi connectivity index (χ1n) is 1.52. The molecule has 0 unspecified atom stereocenters. The first kappa shape index (κ1) is 3.81. The van der Waals surface area contributed by atoms with Gasteiger partial charge in [-0.15, -0.1) is 0 Å². The summed E-state index contributed by atoms with van der Waals surface area (Å²) < 4.78 is 0. The van der Waals surface area contributed by atoms with E-state index in [2.05, 4.69) is 17.3 Å². The van der Waals surface area contributed by atoms with E-state index in [4.69, 9.17) is 11.6 Å². The molecular weight excluding hydrogens is 99.5 g/mol. The molecule has 0 atom stereocenters. The Balaban J connectivity index is 2.45. The van der Waals surface area contributed by atoms with Gasteiger partial charge in [-0.3, -0.25) is 0 Å². The van der Waals surface area contributed by atoms with Crippen LogP contribution >= 0.6 is 11.6 Å². The van der Waals surface area contributed by atoms with Gasteiger partial charge in [0.2, 0.25) is 6.67 Å². The summed E-state index contributed by atoms with van der Waals surface area (Å²) in [7, 11) is 0. The van der Waals surface area contributed by atoms with Crippen LogP contribution in [0.4, 0.5) is 0 Å². The third-order valence-electron chi connectivity index (χ3n) is 0.453. The Labute approximate surface area is 41.2 Å². The van der Waals surface area contributed by atoms with Crippen LogP contribution < -0.4 is 10.6 Å². The molecule has 0 saturated heterocycles. The van der Waals surface area contributed by atoms with Gasteiger partial charge in [-0.05, 0) is 0 Å². The molecule has 0 amide bonds. The van der Waals surface area contributed by atoms with Crippen molar-refractivity contribution < 1.29 is 0 Å². The Bertz CT molecular complexity index is 78.9. The van der Waals surface area contributed by atoms with Gasteiger partial charge in [0.25, 0.3) is 0 Å². The van der Waals surface area contributed by atoms with Crippen LogP contribution in [-0.4, -0.2) is 0 Å². The number of rotatable bonds is 0. The first-order valence-corrected chi connectivity index (χ1v) is 1.89. The summed E-state index contributed by atoms with van der Waals surface area (Å²) in [4.78, 5) is 0. The second-order valence-electron chi connectivity index (χ2n) is 0.887. The minimum Gasteiger partial charge on any atom is -0.359 e. The third-order valence-corrected chi connectivity index (χ3v) is 0.657. The highest BCUT2D eigenvalue weighted by molar-refractivity contribution is 6.29. The van der Waals surface area contributed by atoms with Crippen molar-refractivity contribution in [3.05, 3.63) is 18.0 Å². The maximum absolute atomic E-state index is 5.34. The highest BCUT2D eigenvalue weighted by atomic mass is 35.5. The van der Waals surface area contributed by atoms with E-state index in [1.165, 1.54) is 0 Å². The zero-order chi connectivity index (χ0) is 4.41. The molecule has 0 aromatic rings. The quantitative estimate of drug-likeness (QED) is 0.428. The lowest BCUT2D eigenvalue weighted by molar-refractivity contribution is 0.973. The predicted octanol–water partition coefficient (Wildman–Crippen LogP) is 0.213. The molecule has 1 heterocycles. The van der Waals surface area contributed by atoms with Gasteiger partial charge in [0.15, 0.2) is 0 Å². The summed E-state index contributed by atoms with van der Waals surface area (Å²) in [5, 5.41) is 5.78. The van der Waals surface area contributed by atoms with Gasteiger partial charge in [-0.25, -0.2) is 0 Å². The van der Waals surface area contributed by atoms with Gasteiger partial charge in [0, 0.05) is 6.20 Å². The highest BCUT2D eigenvalue weighted by Crippen LogP contribution is 1.97. The van der Waals surface area contributed by atoms with Crippen LogP contribution in [-0.2, 0) is 0 Å². The van der Waals surface area contributed by atoms with Gasteiger partial charge >= 0.3 is 0 Å². The van der Waals surface area contributed by atoms with E-state index >= 15 is 0 Å². The molecule has 2 radical (unpaired) electrons. The summed E-state index contributed by atoms with van der Waals surface area (Å²) in [6.07, 6.45) is 1.61. The van der Waals surface area contributed by atoms with Crippen molar-refractivity contribution in [3.8, 4) is 0 Å². The van der Waals surface area contributed by atoms with Crippen LogP contribution in [0.5, 0.6) is 0 Å². The van der Waals surface area contributed by atoms with E-state index < -0.39 is 0 Å². The molecule has 6 heavy (non-hydrogen) atoms. The van der Waals surface area contributed by atoms with Crippen molar-refractivity contribution in [3.63, 3.8) is 0 Å². The van der Waals surface area contributed by atoms with Crippen molar-refractivity contribution in [2.75, 3.05) is 0 Å². The van der Waals surface area contributed by atoms with Crippen molar-refractivity contribution in [1.82, 2.24) is 10.6 Å². The van der Waals surface area contributed by atoms with Crippen molar-refractivity contribution in [2.45, 2.75) is 0 Å². The van der Waals surface area contributed by atoms with Crippen molar-refractivity contribution in [2.24, 2.45) is 0 Å². The molecule has 0 bridgehead atoms. The van der Waals surface area contributed by atoms with E-state index in [-0.39, 0.29) is 0 Å². The zero-order valence-corrected chi connectivity index (χ0v) is 3.71. The van der Waals surface area contributed by atoms with E-state index in [0.717, 1.165) is 0 Å². The second-order valence-corrected chi connectivity index (χ2v) is 1.29. The van der Waals surface area contributed by atoms with E-state index in [0.29, 0.717) is 5.16 Å². The van der Waals surface area contributed by atoms with Crippen molar-refractivity contribution in [1.29, 1.82) is 0 Å². The topological polar surface area (TPSA) is 24.1 Å².